The summed E-state index contributed by atoms with van der Waals surface area (Å²) in [6.07, 6.45) is 2.29. The molecule has 0 aliphatic heterocycles. The lowest BCUT2D eigenvalue weighted by Crippen LogP contribution is -2.39. The monoisotopic (exact) mass is 317 g/mol. The Hall–Kier alpha value is -1.11. The topological polar surface area (TPSA) is 83.5 Å². The van der Waals surface area contributed by atoms with E-state index in [0.717, 1.165) is 0 Å². The summed E-state index contributed by atoms with van der Waals surface area (Å²) in [5.74, 6) is -1.34. The number of sulfonamides is 1. The molecule has 0 radical (unpaired) electrons. The van der Waals surface area contributed by atoms with E-state index in [-0.39, 0.29) is 10.9 Å². The average Bonchev–Trinajstić information content (AvgIpc) is 2.38. The maximum Gasteiger partial charge on any atom is 0.306 e. The fourth-order valence-corrected chi connectivity index (χ4v) is 4.03. The van der Waals surface area contributed by atoms with Gasteiger partial charge in [-0.2, -0.15) is 0 Å². The molecule has 5 nitrogen and oxygen atoms in total. The fraction of sp³-hybridized carbons (Fsp3) is 0.462. The number of benzene rings is 1. The van der Waals surface area contributed by atoms with Gasteiger partial charge in [0.1, 0.15) is 0 Å². The molecular formula is C13H16ClNO4S. The van der Waals surface area contributed by atoms with Crippen LogP contribution in [0.4, 0.5) is 0 Å². The predicted octanol–water partition coefficient (Wildman–Crippen LogP) is 2.26. The maximum atomic E-state index is 12.2. The van der Waals surface area contributed by atoms with Crippen molar-refractivity contribution in [2.45, 2.75) is 36.6 Å². The minimum atomic E-state index is -3.66. The van der Waals surface area contributed by atoms with Gasteiger partial charge in [0.05, 0.1) is 10.8 Å². The largest absolute Gasteiger partial charge is 0.481 e. The number of halogens is 1. The molecule has 1 aliphatic carbocycles. The molecule has 0 unspecified atom stereocenters. The Balaban J connectivity index is 2.10. The van der Waals surface area contributed by atoms with E-state index in [1.54, 1.807) is 12.1 Å². The second-order valence-corrected chi connectivity index (χ2v) is 7.13. The molecule has 20 heavy (non-hydrogen) atoms. The summed E-state index contributed by atoms with van der Waals surface area (Å²) in [7, 11) is -3.66. The summed E-state index contributed by atoms with van der Waals surface area (Å²) in [5.41, 5.74) is 0. The van der Waals surface area contributed by atoms with Gasteiger partial charge in [0.2, 0.25) is 10.0 Å². The molecule has 1 aliphatic rings. The summed E-state index contributed by atoms with van der Waals surface area (Å²) in [6.45, 7) is 0. The number of carboxylic acids is 1. The summed E-state index contributed by atoms with van der Waals surface area (Å²) < 4.78 is 27.0. The molecule has 0 saturated heterocycles. The molecule has 0 heterocycles. The molecular weight excluding hydrogens is 302 g/mol. The fourth-order valence-electron chi connectivity index (χ4n) is 2.44. The normalized spacial score (nSPS) is 23.4. The van der Waals surface area contributed by atoms with Gasteiger partial charge < -0.3 is 5.11 Å². The first-order valence-corrected chi connectivity index (χ1v) is 8.25. The molecule has 110 valence electrons. The maximum absolute atomic E-state index is 12.2. The molecule has 0 aromatic heterocycles. The van der Waals surface area contributed by atoms with Crippen molar-refractivity contribution in [2.24, 2.45) is 5.92 Å². The number of carboxylic acid groups (broad SMARTS) is 1. The third-order valence-electron chi connectivity index (χ3n) is 3.45. The number of carbonyl (C=O) groups is 1. The van der Waals surface area contributed by atoms with Crippen molar-refractivity contribution >= 4 is 27.6 Å². The van der Waals surface area contributed by atoms with Crippen LogP contribution in [-0.4, -0.2) is 25.5 Å². The highest BCUT2D eigenvalue weighted by molar-refractivity contribution is 7.89. The predicted molar refractivity (Wildman–Crippen MR) is 75.2 cm³/mol. The third kappa shape index (κ3) is 3.71. The van der Waals surface area contributed by atoms with Crippen LogP contribution in [0, 0.1) is 5.92 Å². The Labute approximate surface area is 123 Å². The first-order valence-electron chi connectivity index (χ1n) is 6.39. The van der Waals surface area contributed by atoms with Gasteiger partial charge in [-0.15, -0.1) is 0 Å². The van der Waals surface area contributed by atoms with E-state index < -0.39 is 21.9 Å². The first-order chi connectivity index (χ1) is 9.38. The van der Waals surface area contributed by atoms with Gasteiger partial charge in [-0.3, -0.25) is 4.79 Å². The van der Waals surface area contributed by atoms with E-state index in [1.165, 1.54) is 12.1 Å². The van der Waals surface area contributed by atoms with E-state index in [9.17, 15) is 13.2 Å². The first kappa shape index (κ1) is 15.3. The Morgan fingerprint density at radius 1 is 1.35 bits per heavy atom. The molecule has 0 amide bonds. The summed E-state index contributed by atoms with van der Waals surface area (Å²) in [4.78, 5) is 11.1. The Kier molecular flexibility index (Phi) is 4.67. The van der Waals surface area contributed by atoms with Crippen molar-refractivity contribution in [1.82, 2.24) is 4.72 Å². The van der Waals surface area contributed by atoms with E-state index in [0.29, 0.717) is 30.7 Å². The van der Waals surface area contributed by atoms with Crippen LogP contribution in [0.15, 0.2) is 29.2 Å². The highest BCUT2D eigenvalue weighted by Crippen LogP contribution is 2.26. The van der Waals surface area contributed by atoms with Crippen molar-refractivity contribution < 1.29 is 18.3 Å². The molecule has 1 aromatic carbocycles. The summed E-state index contributed by atoms with van der Waals surface area (Å²) >= 11 is 5.79. The lowest BCUT2D eigenvalue weighted by atomic mass is 9.86. The molecule has 7 heteroatoms. The van der Waals surface area contributed by atoms with Crippen LogP contribution in [0.25, 0.3) is 0 Å². The van der Waals surface area contributed by atoms with Gasteiger partial charge in [-0.1, -0.05) is 24.1 Å². The van der Waals surface area contributed by atoms with Gasteiger partial charge in [0, 0.05) is 11.1 Å². The molecule has 1 fully saturated rings. The smallest absolute Gasteiger partial charge is 0.306 e. The zero-order valence-electron chi connectivity index (χ0n) is 10.8. The average molecular weight is 318 g/mol. The van der Waals surface area contributed by atoms with Crippen molar-refractivity contribution in [3.8, 4) is 0 Å². The van der Waals surface area contributed by atoms with Gasteiger partial charge in [0.15, 0.2) is 0 Å². The van der Waals surface area contributed by atoms with Crippen LogP contribution < -0.4 is 4.72 Å². The number of hydrogen-bond donors (Lipinski definition) is 2. The zero-order valence-corrected chi connectivity index (χ0v) is 12.3. The lowest BCUT2D eigenvalue weighted by molar-refractivity contribution is -0.143. The van der Waals surface area contributed by atoms with E-state index in [1.807, 2.05) is 0 Å². The quantitative estimate of drug-likeness (QED) is 0.892. The van der Waals surface area contributed by atoms with Crippen molar-refractivity contribution in [3.63, 3.8) is 0 Å². The minimum absolute atomic E-state index is 0.0995. The van der Waals surface area contributed by atoms with Gasteiger partial charge in [-0.05, 0) is 37.5 Å². The van der Waals surface area contributed by atoms with Gasteiger partial charge >= 0.3 is 5.97 Å². The Morgan fingerprint density at radius 3 is 2.75 bits per heavy atom. The SMILES string of the molecule is O=C(O)[C@@H]1CCC[C@@H](NS(=O)(=O)c2cccc(Cl)c2)C1. The standard InChI is InChI=1S/C13H16ClNO4S/c14-10-4-2-6-12(8-10)20(18,19)15-11-5-1-3-9(7-11)13(16)17/h2,4,6,8-9,11,15H,1,3,5,7H2,(H,16,17)/t9-,11-/m1/s1. The van der Waals surface area contributed by atoms with Crippen LogP contribution >= 0.6 is 11.6 Å². The molecule has 1 saturated carbocycles. The van der Waals surface area contributed by atoms with Gasteiger partial charge in [0.25, 0.3) is 0 Å². The highest BCUT2D eigenvalue weighted by Gasteiger charge is 2.29. The van der Waals surface area contributed by atoms with Gasteiger partial charge in [-0.25, -0.2) is 13.1 Å². The van der Waals surface area contributed by atoms with E-state index in [4.69, 9.17) is 16.7 Å². The second-order valence-electron chi connectivity index (χ2n) is 4.98. The van der Waals surface area contributed by atoms with Crippen LogP contribution in [0.2, 0.25) is 5.02 Å². The van der Waals surface area contributed by atoms with E-state index >= 15 is 0 Å². The van der Waals surface area contributed by atoms with Crippen LogP contribution in [-0.2, 0) is 14.8 Å². The lowest BCUT2D eigenvalue weighted by Gasteiger charge is -2.27. The molecule has 2 rings (SSSR count). The third-order valence-corrected chi connectivity index (χ3v) is 5.20. The summed E-state index contributed by atoms with van der Waals surface area (Å²) in [5, 5.41) is 9.36. The Bertz CT molecular complexity index is 602. The minimum Gasteiger partial charge on any atom is -0.481 e. The molecule has 2 atom stereocenters. The summed E-state index contributed by atoms with van der Waals surface area (Å²) in [6, 6.07) is 5.67. The van der Waals surface area contributed by atoms with Crippen LogP contribution in [0.5, 0.6) is 0 Å². The van der Waals surface area contributed by atoms with E-state index in [2.05, 4.69) is 4.72 Å². The zero-order chi connectivity index (χ0) is 14.8. The van der Waals surface area contributed by atoms with Crippen molar-refractivity contribution in [3.05, 3.63) is 29.3 Å². The Morgan fingerprint density at radius 2 is 2.10 bits per heavy atom. The number of hydrogen-bond acceptors (Lipinski definition) is 3. The number of rotatable bonds is 4. The van der Waals surface area contributed by atoms with Crippen LogP contribution in [0.1, 0.15) is 25.7 Å². The van der Waals surface area contributed by atoms with Crippen molar-refractivity contribution in [1.29, 1.82) is 0 Å². The molecule has 0 bridgehead atoms. The number of aliphatic carboxylic acids is 1. The number of nitrogens with one attached hydrogen (secondary N) is 1. The molecule has 2 N–H and O–H groups in total. The van der Waals surface area contributed by atoms with Crippen molar-refractivity contribution in [2.75, 3.05) is 0 Å². The van der Waals surface area contributed by atoms with Crippen LogP contribution in [0.3, 0.4) is 0 Å². The molecule has 0 spiro atoms. The molecule has 1 aromatic rings. The highest BCUT2D eigenvalue weighted by atomic mass is 35.5. The second kappa shape index (κ2) is 6.11.